The summed E-state index contributed by atoms with van der Waals surface area (Å²) in [5, 5.41) is 3.67. The van der Waals surface area contributed by atoms with Gasteiger partial charge in [0.15, 0.2) is 0 Å². The fourth-order valence-electron chi connectivity index (χ4n) is 1.83. The van der Waals surface area contributed by atoms with Gasteiger partial charge in [0.05, 0.1) is 11.1 Å². The zero-order valence-corrected chi connectivity index (χ0v) is 12.7. The van der Waals surface area contributed by atoms with Gasteiger partial charge in [-0.2, -0.15) is 0 Å². The predicted octanol–water partition coefficient (Wildman–Crippen LogP) is 4.49. The first-order valence-electron chi connectivity index (χ1n) is 5.88. The van der Waals surface area contributed by atoms with Crippen LogP contribution in [0.3, 0.4) is 0 Å². The Morgan fingerprint density at radius 3 is 2.55 bits per heavy atom. The van der Waals surface area contributed by atoms with E-state index in [0.717, 1.165) is 16.2 Å². The van der Waals surface area contributed by atoms with Crippen LogP contribution < -0.4 is 11.1 Å². The maximum absolute atomic E-state index is 13.8. The molecule has 1 atom stereocenters. The average molecular weight is 362 g/mol. The summed E-state index contributed by atoms with van der Waals surface area (Å²) in [4.78, 5) is 0. The van der Waals surface area contributed by atoms with Gasteiger partial charge in [-0.05, 0) is 40.2 Å². The van der Waals surface area contributed by atoms with E-state index in [1.807, 2.05) is 0 Å². The van der Waals surface area contributed by atoms with Crippen molar-refractivity contribution in [3.63, 3.8) is 0 Å². The molecule has 0 aliphatic carbocycles. The largest absolute Gasteiger partial charge is 0.377 e. The summed E-state index contributed by atoms with van der Waals surface area (Å²) in [6.07, 6.45) is 0. The second kappa shape index (κ2) is 6.52. The van der Waals surface area contributed by atoms with Crippen molar-refractivity contribution >= 4 is 33.2 Å². The number of hydrogen-bond acceptors (Lipinski definition) is 2. The average Bonchev–Trinajstić information content (AvgIpc) is 2.41. The lowest BCUT2D eigenvalue weighted by atomic mass is 10.1. The topological polar surface area (TPSA) is 38.0 Å². The first-order chi connectivity index (χ1) is 9.51. The Bertz CT molecular complexity index is 622. The molecular weight excluding hydrogens is 350 g/mol. The SMILES string of the molecule is NCC(Nc1ccc(Cl)c(Br)c1)c1ccc(F)cc1F. The van der Waals surface area contributed by atoms with Crippen LogP contribution in [-0.2, 0) is 0 Å². The van der Waals surface area contributed by atoms with Gasteiger partial charge in [-0.1, -0.05) is 17.7 Å². The van der Waals surface area contributed by atoms with E-state index < -0.39 is 17.7 Å². The molecule has 106 valence electrons. The first kappa shape index (κ1) is 15.2. The lowest BCUT2D eigenvalue weighted by Gasteiger charge is -2.19. The third-order valence-electron chi connectivity index (χ3n) is 2.83. The van der Waals surface area contributed by atoms with Gasteiger partial charge in [-0.15, -0.1) is 0 Å². The molecule has 0 amide bonds. The summed E-state index contributed by atoms with van der Waals surface area (Å²) in [6.45, 7) is 0.169. The van der Waals surface area contributed by atoms with Crippen molar-refractivity contribution in [1.82, 2.24) is 0 Å². The Kier molecular flexibility index (Phi) is 4.96. The minimum atomic E-state index is -0.624. The molecule has 2 rings (SSSR count). The van der Waals surface area contributed by atoms with Gasteiger partial charge >= 0.3 is 0 Å². The fraction of sp³-hybridized carbons (Fsp3) is 0.143. The molecule has 0 saturated carbocycles. The standard InChI is InChI=1S/C14H12BrClF2N2/c15-11-6-9(2-4-12(11)16)20-14(7-19)10-3-1-8(17)5-13(10)18/h1-6,14,20H,7,19H2. The minimum Gasteiger partial charge on any atom is -0.377 e. The second-order valence-corrected chi connectivity index (χ2v) is 5.49. The van der Waals surface area contributed by atoms with Crippen LogP contribution in [0.4, 0.5) is 14.5 Å². The molecule has 0 radical (unpaired) electrons. The van der Waals surface area contributed by atoms with Crippen LogP contribution in [-0.4, -0.2) is 6.54 Å². The molecule has 0 aromatic heterocycles. The molecule has 0 aliphatic rings. The minimum absolute atomic E-state index is 0.169. The van der Waals surface area contributed by atoms with Gasteiger partial charge in [0.25, 0.3) is 0 Å². The number of nitrogens with one attached hydrogen (secondary N) is 1. The van der Waals surface area contributed by atoms with Crippen molar-refractivity contribution in [2.24, 2.45) is 5.73 Å². The van der Waals surface area contributed by atoms with E-state index >= 15 is 0 Å². The summed E-state index contributed by atoms with van der Waals surface area (Å²) >= 11 is 9.22. The second-order valence-electron chi connectivity index (χ2n) is 4.23. The molecule has 2 aromatic rings. The third kappa shape index (κ3) is 3.48. The van der Waals surface area contributed by atoms with Crippen molar-refractivity contribution < 1.29 is 8.78 Å². The molecule has 0 fully saturated rings. The van der Waals surface area contributed by atoms with E-state index in [1.165, 1.54) is 12.1 Å². The Morgan fingerprint density at radius 1 is 1.20 bits per heavy atom. The van der Waals surface area contributed by atoms with E-state index in [0.29, 0.717) is 10.6 Å². The van der Waals surface area contributed by atoms with E-state index in [4.69, 9.17) is 17.3 Å². The highest BCUT2D eigenvalue weighted by Crippen LogP contribution is 2.28. The highest BCUT2D eigenvalue weighted by atomic mass is 79.9. The highest BCUT2D eigenvalue weighted by molar-refractivity contribution is 9.10. The number of halogens is 4. The zero-order chi connectivity index (χ0) is 14.7. The van der Waals surface area contributed by atoms with Crippen LogP contribution in [0.25, 0.3) is 0 Å². The van der Waals surface area contributed by atoms with Crippen molar-refractivity contribution in [1.29, 1.82) is 0 Å². The molecule has 0 spiro atoms. The van der Waals surface area contributed by atoms with Gasteiger partial charge in [-0.25, -0.2) is 8.78 Å². The smallest absolute Gasteiger partial charge is 0.131 e. The van der Waals surface area contributed by atoms with Crippen LogP contribution in [0, 0.1) is 11.6 Å². The molecular formula is C14H12BrClF2N2. The zero-order valence-electron chi connectivity index (χ0n) is 10.3. The predicted molar refractivity (Wildman–Crippen MR) is 80.9 cm³/mol. The number of hydrogen-bond donors (Lipinski definition) is 2. The van der Waals surface area contributed by atoms with Gasteiger partial charge in [0, 0.05) is 28.3 Å². The summed E-state index contributed by atoms with van der Waals surface area (Å²) in [5.74, 6) is -1.24. The summed E-state index contributed by atoms with van der Waals surface area (Å²) < 4.78 is 27.4. The first-order valence-corrected chi connectivity index (χ1v) is 7.05. The molecule has 6 heteroatoms. The van der Waals surface area contributed by atoms with Crippen LogP contribution in [0.2, 0.25) is 5.02 Å². The molecule has 3 N–H and O–H groups in total. The summed E-state index contributed by atoms with van der Waals surface area (Å²) in [7, 11) is 0. The Morgan fingerprint density at radius 2 is 1.95 bits per heavy atom. The van der Waals surface area contributed by atoms with Gasteiger partial charge < -0.3 is 11.1 Å². The quantitative estimate of drug-likeness (QED) is 0.842. The van der Waals surface area contributed by atoms with E-state index in [2.05, 4.69) is 21.2 Å². The van der Waals surface area contributed by atoms with Gasteiger partial charge in [-0.3, -0.25) is 0 Å². The van der Waals surface area contributed by atoms with Crippen molar-refractivity contribution in [2.45, 2.75) is 6.04 Å². The molecule has 0 aliphatic heterocycles. The number of nitrogens with two attached hydrogens (primary N) is 1. The van der Waals surface area contributed by atoms with E-state index in [-0.39, 0.29) is 6.54 Å². The van der Waals surface area contributed by atoms with Gasteiger partial charge in [0.2, 0.25) is 0 Å². The van der Waals surface area contributed by atoms with Crippen molar-refractivity contribution in [3.8, 4) is 0 Å². The lowest BCUT2D eigenvalue weighted by Crippen LogP contribution is -2.21. The maximum atomic E-state index is 13.8. The number of rotatable bonds is 4. The number of benzene rings is 2. The van der Waals surface area contributed by atoms with Crippen LogP contribution >= 0.6 is 27.5 Å². The maximum Gasteiger partial charge on any atom is 0.131 e. The van der Waals surface area contributed by atoms with Crippen molar-refractivity contribution in [2.75, 3.05) is 11.9 Å². The number of anilines is 1. The van der Waals surface area contributed by atoms with Gasteiger partial charge in [0.1, 0.15) is 11.6 Å². The van der Waals surface area contributed by atoms with Crippen molar-refractivity contribution in [3.05, 3.63) is 63.1 Å². The fourth-order valence-corrected chi connectivity index (χ4v) is 2.33. The molecule has 1 unspecified atom stereocenters. The monoisotopic (exact) mass is 360 g/mol. The van der Waals surface area contributed by atoms with E-state index in [9.17, 15) is 8.78 Å². The molecule has 0 bridgehead atoms. The molecule has 2 nitrogen and oxygen atoms in total. The van der Waals surface area contributed by atoms with Crippen LogP contribution in [0.5, 0.6) is 0 Å². The molecule has 20 heavy (non-hydrogen) atoms. The Labute approximate surface area is 129 Å². The molecule has 0 saturated heterocycles. The molecule has 2 aromatic carbocycles. The van der Waals surface area contributed by atoms with E-state index in [1.54, 1.807) is 18.2 Å². The highest BCUT2D eigenvalue weighted by Gasteiger charge is 2.15. The van der Waals surface area contributed by atoms with Crippen LogP contribution in [0.1, 0.15) is 11.6 Å². The summed E-state index contributed by atoms with van der Waals surface area (Å²) in [5.41, 5.74) is 6.72. The Balaban J connectivity index is 2.26. The third-order valence-corrected chi connectivity index (χ3v) is 4.05. The lowest BCUT2D eigenvalue weighted by molar-refractivity contribution is 0.562. The Hall–Kier alpha value is -1.17. The summed E-state index contributed by atoms with van der Waals surface area (Å²) in [6, 6.07) is 8.23. The normalized spacial score (nSPS) is 12.2. The molecule has 0 heterocycles. The van der Waals surface area contributed by atoms with Crippen LogP contribution in [0.15, 0.2) is 40.9 Å².